The average Bonchev–Trinajstić information content (AvgIpc) is 3.09. The Morgan fingerprint density at radius 1 is 1.35 bits per heavy atom. The topological polar surface area (TPSA) is 30.5 Å². The molecule has 1 saturated heterocycles. The van der Waals surface area contributed by atoms with Crippen molar-refractivity contribution in [3.05, 3.63) is 23.2 Å². The van der Waals surface area contributed by atoms with Gasteiger partial charge >= 0.3 is 0 Å². The Balaban J connectivity index is 1.55. The SMILES string of the molecule is COc1cc(NCC2CCC3(CCCC3)O2)ccc1Cl. The predicted octanol–water partition coefficient (Wildman–Crippen LogP) is 4.25. The van der Waals surface area contributed by atoms with Gasteiger partial charge in [0.25, 0.3) is 0 Å². The summed E-state index contributed by atoms with van der Waals surface area (Å²) >= 11 is 6.03. The van der Waals surface area contributed by atoms with E-state index in [1.807, 2.05) is 18.2 Å². The van der Waals surface area contributed by atoms with Crippen LogP contribution in [0, 0.1) is 0 Å². The lowest BCUT2D eigenvalue weighted by molar-refractivity contribution is -0.0307. The van der Waals surface area contributed by atoms with Crippen LogP contribution in [0.1, 0.15) is 38.5 Å². The second-order valence-corrected chi connectivity index (χ2v) is 6.31. The summed E-state index contributed by atoms with van der Waals surface area (Å²) in [5.74, 6) is 0.705. The van der Waals surface area contributed by atoms with Crippen LogP contribution < -0.4 is 10.1 Å². The summed E-state index contributed by atoms with van der Waals surface area (Å²) in [7, 11) is 1.63. The average molecular weight is 296 g/mol. The Bertz CT molecular complexity index is 472. The van der Waals surface area contributed by atoms with E-state index in [9.17, 15) is 0 Å². The molecule has 2 fully saturated rings. The smallest absolute Gasteiger partial charge is 0.139 e. The minimum absolute atomic E-state index is 0.212. The molecule has 20 heavy (non-hydrogen) atoms. The number of nitrogens with one attached hydrogen (secondary N) is 1. The van der Waals surface area contributed by atoms with Gasteiger partial charge in [-0.15, -0.1) is 0 Å². The molecule has 1 spiro atoms. The van der Waals surface area contributed by atoms with Crippen LogP contribution in [0.3, 0.4) is 0 Å². The highest BCUT2D eigenvalue weighted by Gasteiger charge is 2.41. The maximum atomic E-state index is 6.29. The Morgan fingerprint density at radius 2 is 2.15 bits per heavy atom. The van der Waals surface area contributed by atoms with Gasteiger partial charge in [-0.1, -0.05) is 24.4 Å². The Labute approximate surface area is 125 Å². The van der Waals surface area contributed by atoms with Crippen LogP contribution in [0.25, 0.3) is 0 Å². The number of hydrogen-bond donors (Lipinski definition) is 1. The van der Waals surface area contributed by atoms with Gasteiger partial charge in [0.15, 0.2) is 0 Å². The van der Waals surface area contributed by atoms with Crippen LogP contribution in [0.4, 0.5) is 5.69 Å². The molecule has 1 N–H and O–H groups in total. The van der Waals surface area contributed by atoms with Gasteiger partial charge < -0.3 is 14.8 Å². The molecule has 110 valence electrons. The zero-order chi connectivity index (χ0) is 14.0. The molecule has 0 aromatic heterocycles. The number of halogens is 1. The van der Waals surface area contributed by atoms with Crippen molar-refractivity contribution in [1.29, 1.82) is 0 Å². The summed E-state index contributed by atoms with van der Waals surface area (Å²) < 4.78 is 11.5. The van der Waals surface area contributed by atoms with Gasteiger partial charge in [-0.3, -0.25) is 0 Å². The molecule has 0 amide bonds. The summed E-state index contributed by atoms with van der Waals surface area (Å²) in [6.07, 6.45) is 7.87. The first-order chi connectivity index (χ1) is 9.71. The highest BCUT2D eigenvalue weighted by atomic mass is 35.5. The first-order valence-electron chi connectivity index (χ1n) is 7.46. The van der Waals surface area contributed by atoms with E-state index in [2.05, 4.69) is 5.32 Å². The molecule has 3 rings (SSSR count). The predicted molar refractivity (Wildman–Crippen MR) is 81.8 cm³/mol. The lowest BCUT2D eigenvalue weighted by atomic mass is 9.98. The van der Waals surface area contributed by atoms with Crippen molar-refractivity contribution in [1.82, 2.24) is 0 Å². The second kappa shape index (κ2) is 5.82. The zero-order valence-electron chi connectivity index (χ0n) is 12.0. The van der Waals surface area contributed by atoms with E-state index in [0.717, 1.165) is 18.7 Å². The van der Waals surface area contributed by atoms with E-state index >= 15 is 0 Å². The number of benzene rings is 1. The molecule has 1 aliphatic heterocycles. The van der Waals surface area contributed by atoms with Gasteiger partial charge in [0, 0.05) is 18.3 Å². The molecule has 1 aromatic carbocycles. The van der Waals surface area contributed by atoms with Gasteiger partial charge in [-0.2, -0.15) is 0 Å². The Hall–Kier alpha value is -0.930. The highest BCUT2D eigenvalue weighted by Crippen LogP contribution is 2.43. The third-order valence-corrected chi connectivity index (χ3v) is 4.85. The minimum Gasteiger partial charge on any atom is -0.495 e. The molecule has 4 heteroatoms. The fourth-order valence-electron chi connectivity index (χ4n) is 3.43. The first kappa shape index (κ1) is 14.0. The molecule has 0 radical (unpaired) electrons. The maximum Gasteiger partial charge on any atom is 0.139 e. The number of methoxy groups -OCH3 is 1. The van der Waals surface area contributed by atoms with Gasteiger partial charge in [0.05, 0.1) is 23.8 Å². The first-order valence-corrected chi connectivity index (χ1v) is 7.84. The van der Waals surface area contributed by atoms with Crippen LogP contribution in [0.2, 0.25) is 5.02 Å². The molecule has 3 nitrogen and oxygen atoms in total. The number of ether oxygens (including phenoxy) is 2. The lowest BCUT2D eigenvalue weighted by Crippen LogP contribution is -2.27. The van der Waals surface area contributed by atoms with Gasteiger partial charge in [-0.05, 0) is 37.8 Å². The molecule has 1 heterocycles. The third kappa shape index (κ3) is 2.89. The Kier molecular flexibility index (Phi) is 4.08. The van der Waals surface area contributed by atoms with Crippen LogP contribution in [-0.2, 0) is 4.74 Å². The third-order valence-electron chi connectivity index (χ3n) is 4.54. The number of hydrogen-bond acceptors (Lipinski definition) is 3. The van der Waals surface area contributed by atoms with Gasteiger partial charge in [-0.25, -0.2) is 0 Å². The molecule has 1 aliphatic carbocycles. The van der Waals surface area contributed by atoms with Crippen molar-refractivity contribution in [2.24, 2.45) is 0 Å². The highest BCUT2D eigenvalue weighted by molar-refractivity contribution is 6.32. The van der Waals surface area contributed by atoms with Crippen molar-refractivity contribution in [3.63, 3.8) is 0 Å². The van der Waals surface area contributed by atoms with E-state index in [4.69, 9.17) is 21.1 Å². The van der Waals surface area contributed by atoms with Crippen molar-refractivity contribution in [2.45, 2.75) is 50.2 Å². The van der Waals surface area contributed by atoms with Crippen LogP contribution in [0.5, 0.6) is 5.75 Å². The largest absolute Gasteiger partial charge is 0.495 e. The molecular weight excluding hydrogens is 274 g/mol. The summed E-state index contributed by atoms with van der Waals surface area (Å²) in [6, 6.07) is 5.77. The normalized spacial score (nSPS) is 24.2. The minimum atomic E-state index is 0.212. The summed E-state index contributed by atoms with van der Waals surface area (Å²) in [5.41, 5.74) is 1.24. The fraction of sp³-hybridized carbons (Fsp3) is 0.625. The van der Waals surface area contributed by atoms with Crippen LogP contribution in [0.15, 0.2) is 18.2 Å². The molecule has 1 unspecified atom stereocenters. The molecule has 1 aromatic rings. The van der Waals surface area contributed by atoms with E-state index in [0.29, 0.717) is 16.9 Å². The second-order valence-electron chi connectivity index (χ2n) is 5.90. The fourth-order valence-corrected chi connectivity index (χ4v) is 3.62. The standard InChI is InChI=1S/C16H22ClNO2/c1-19-15-10-12(4-5-14(15)17)18-11-13-6-9-16(20-13)7-2-3-8-16/h4-5,10,13,18H,2-3,6-9,11H2,1H3. The molecular formula is C16H22ClNO2. The quantitative estimate of drug-likeness (QED) is 0.900. The summed E-state index contributed by atoms with van der Waals surface area (Å²) in [4.78, 5) is 0. The zero-order valence-corrected chi connectivity index (χ0v) is 12.7. The van der Waals surface area contributed by atoms with Crippen LogP contribution >= 0.6 is 11.6 Å². The van der Waals surface area contributed by atoms with Crippen molar-refractivity contribution in [3.8, 4) is 5.75 Å². The van der Waals surface area contributed by atoms with Crippen molar-refractivity contribution >= 4 is 17.3 Å². The summed E-state index contributed by atoms with van der Waals surface area (Å²) in [5, 5.41) is 4.07. The summed E-state index contributed by atoms with van der Waals surface area (Å²) in [6.45, 7) is 0.854. The van der Waals surface area contributed by atoms with Gasteiger partial charge in [0.2, 0.25) is 0 Å². The molecule has 1 saturated carbocycles. The van der Waals surface area contributed by atoms with Crippen LogP contribution in [-0.4, -0.2) is 25.4 Å². The van der Waals surface area contributed by atoms with Crippen molar-refractivity contribution < 1.29 is 9.47 Å². The molecule has 1 atom stereocenters. The van der Waals surface area contributed by atoms with E-state index in [1.165, 1.54) is 32.1 Å². The maximum absolute atomic E-state index is 6.29. The van der Waals surface area contributed by atoms with E-state index < -0.39 is 0 Å². The Morgan fingerprint density at radius 3 is 2.90 bits per heavy atom. The van der Waals surface area contributed by atoms with Gasteiger partial charge in [0.1, 0.15) is 5.75 Å². The van der Waals surface area contributed by atoms with E-state index in [-0.39, 0.29) is 5.60 Å². The number of rotatable bonds is 4. The van der Waals surface area contributed by atoms with E-state index in [1.54, 1.807) is 7.11 Å². The lowest BCUT2D eigenvalue weighted by Gasteiger charge is -2.24. The molecule has 0 bridgehead atoms. The number of anilines is 1. The molecule has 2 aliphatic rings. The van der Waals surface area contributed by atoms with Crippen molar-refractivity contribution in [2.75, 3.05) is 19.0 Å². The monoisotopic (exact) mass is 295 g/mol.